The molecule has 1 saturated heterocycles. The number of aryl methyl sites for hydroxylation is 1. The maximum absolute atomic E-state index is 13.4. The lowest BCUT2D eigenvalue weighted by Crippen LogP contribution is -2.55. The van der Waals surface area contributed by atoms with E-state index >= 15 is 0 Å². The van der Waals surface area contributed by atoms with Gasteiger partial charge in [-0.15, -0.1) is 11.3 Å². The van der Waals surface area contributed by atoms with E-state index in [4.69, 9.17) is 4.74 Å². The van der Waals surface area contributed by atoms with Crippen molar-refractivity contribution in [1.29, 1.82) is 0 Å². The molecule has 3 heterocycles. The zero-order chi connectivity index (χ0) is 28.3. The van der Waals surface area contributed by atoms with Gasteiger partial charge in [-0.25, -0.2) is 14.6 Å². The van der Waals surface area contributed by atoms with E-state index in [0.29, 0.717) is 32.7 Å². The predicted octanol–water partition coefficient (Wildman–Crippen LogP) is 2.42. The highest BCUT2D eigenvalue weighted by atomic mass is 32.1. The summed E-state index contributed by atoms with van der Waals surface area (Å²) in [7, 11) is 0. The highest BCUT2D eigenvalue weighted by Gasteiger charge is 2.43. The maximum Gasteiger partial charge on any atom is 0.410 e. The number of β-amino-alcohol motifs (C(OH)–C–C–N with tert-alkyl or cyclic N) is 1. The molecule has 0 bridgehead atoms. The normalized spacial score (nSPS) is 19.2. The molecule has 210 valence electrons. The van der Waals surface area contributed by atoms with Crippen LogP contribution in [0.1, 0.15) is 45.4 Å². The molecule has 0 unspecified atom stereocenters. The Kier molecular flexibility index (Phi) is 8.83. The number of aliphatic hydroxyl groups is 1. The van der Waals surface area contributed by atoms with Crippen LogP contribution in [0.25, 0.3) is 10.4 Å². The van der Waals surface area contributed by atoms with Gasteiger partial charge in [-0.1, -0.05) is 24.3 Å². The fourth-order valence-electron chi connectivity index (χ4n) is 4.79. The van der Waals surface area contributed by atoms with Crippen LogP contribution in [0.3, 0.4) is 0 Å². The zero-order valence-corrected chi connectivity index (χ0v) is 24.1. The van der Waals surface area contributed by atoms with Crippen LogP contribution in [-0.2, 0) is 20.9 Å². The Morgan fingerprint density at radius 2 is 1.85 bits per heavy atom. The number of thiazole rings is 1. The summed E-state index contributed by atoms with van der Waals surface area (Å²) in [4.78, 5) is 47.9. The molecule has 1 aromatic heterocycles. The van der Waals surface area contributed by atoms with Crippen molar-refractivity contribution < 1.29 is 28.8 Å². The zero-order valence-electron chi connectivity index (χ0n) is 23.3. The number of amides is 3. The Morgan fingerprint density at radius 3 is 2.44 bits per heavy atom. The van der Waals surface area contributed by atoms with Crippen LogP contribution in [0, 0.1) is 6.92 Å². The van der Waals surface area contributed by atoms with Crippen molar-refractivity contribution in [3.63, 3.8) is 0 Å². The number of ether oxygens (including phenoxy) is 1. The van der Waals surface area contributed by atoms with E-state index in [9.17, 15) is 19.5 Å². The fourth-order valence-corrected chi connectivity index (χ4v) is 5.61. The first-order valence-corrected chi connectivity index (χ1v) is 14.2. The fraction of sp³-hybridized carbons (Fsp3) is 0.536. The first-order chi connectivity index (χ1) is 18.4. The lowest BCUT2D eigenvalue weighted by Gasteiger charge is -2.36. The lowest BCUT2D eigenvalue weighted by molar-refractivity contribution is -0.451. The van der Waals surface area contributed by atoms with Gasteiger partial charge in [0.2, 0.25) is 0 Å². The van der Waals surface area contributed by atoms with Crippen LogP contribution in [0.2, 0.25) is 0 Å². The topological polar surface area (TPSA) is 115 Å². The average molecular weight is 557 g/mol. The number of benzene rings is 1. The number of nitrogens with zero attached hydrogens (tertiary/aromatic N) is 4. The molecule has 0 radical (unpaired) electrons. The van der Waals surface area contributed by atoms with Gasteiger partial charge in [0, 0.05) is 32.7 Å². The molecular formula is C28H38N5O5S+. The van der Waals surface area contributed by atoms with Crippen LogP contribution in [0.4, 0.5) is 4.79 Å². The quantitative estimate of drug-likeness (QED) is 0.525. The van der Waals surface area contributed by atoms with Crippen LogP contribution in [0.15, 0.2) is 29.8 Å². The number of carbonyl (C=O) groups excluding carboxylic acids is 3. The second-order valence-electron chi connectivity index (χ2n) is 11.1. The predicted molar refractivity (Wildman–Crippen MR) is 149 cm³/mol. The third-order valence-electron chi connectivity index (χ3n) is 6.96. The highest BCUT2D eigenvalue weighted by molar-refractivity contribution is 7.13. The summed E-state index contributed by atoms with van der Waals surface area (Å²) in [5.41, 5.74) is 4.54. The van der Waals surface area contributed by atoms with E-state index in [-0.39, 0.29) is 36.6 Å². The van der Waals surface area contributed by atoms with E-state index in [1.165, 1.54) is 4.58 Å². The molecule has 39 heavy (non-hydrogen) atoms. The van der Waals surface area contributed by atoms with E-state index in [0.717, 1.165) is 21.7 Å². The molecule has 1 aromatic carbocycles. The number of aromatic nitrogens is 1. The summed E-state index contributed by atoms with van der Waals surface area (Å²) < 4.78 is 6.87. The molecule has 11 heteroatoms. The van der Waals surface area contributed by atoms with E-state index in [2.05, 4.69) is 10.3 Å². The summed E-state index contributed by atoms with van der Waals surface area (Å²) in [6, 6.07) is 7.44. The van der Waals surface area contributed by atoms with E-state index < -0.39 is 17.7 Å². The molecule has 4 rings (SSSR count). The molecule has 2 N–H and O–H groups in total. The molecule has 2 aliphatic heterocycles. The largest absolute Gasteiger partial charge is 0.444 e. The minimum atomic E-state index is -0.784. The molecule has 1 fully saturated rings. The number of aliphatic hydroxyl groups excluding tert-OH is 1. The first-order valence-electron chi connectivity index (χ1n) is 13.3. The van der Waals surface area contributed by atoms with Crippen molar-refractivity contribution in [3.8, 4) is 10.4 Å². The third-order valence-corrected chi connectivity index (χ3v) is 7.94. The lowest BCUT2D eigenvalue weighted by atomic mass is 10.1. The summed E-state index contributed by atoms with van der Waals surface area (Å²) in [6.45, 7) is 11.6. The molecule has 3 amide bonds. The number of hydrogen-bond acceptors (Lipinski definition) is 8. The summed E-state index contributed by atoms with van der Waals surface area (Å²) >= 11 is 1.59. The average Bonchev–Trinajstić information content (AvgIpc) is 3.51. The monoisotopic (exact) mass is 556 g/mol. The van der Waals surface area contributed by atoms with E-state index in [1.54, 1.807) is 23.2 Å². The molecule has 2 aromatic rings. The summed E-state index contributed by atoms with van der Waals surface area (Å²) in [6.07, 6.45) is -1.02. The van der Waals surface area contributed by atoms with Crippen molar-refractivity contribution in [2.75, 3.05) is 32.7 Å². The van der Waals surface area contributed by atoms with Gasteiger partial charge < -0.3 is 20.1 Å². The Bertz CT molecular complexity index is 1240. The highest BCUT2D eigenvalue weighted by Crippen LogP contribution is 2.27. The Labute approximate surface area is 233 Å². The maximum atomic E-state index is 13.4. The smallest absolute Gasteiger partial charge is 0.410 e. The van der Waals surface area contributed by atoms with Crippen molar-refractivity contribution in [1.82, 2.24) is 20.1 Å². The first kappa shape index (κ1) is 28.8. The molecule has 2 atom stereocenters. The second kappa shape index (κ2) is 11.9. The van der Waals surface area contributed by atoms with Crippen LogP contribution < -0.4 is 5.32 Å². The molecule has 0 aliphatic carbocycles. The van der Waals surface area contributed by atoms with Gasteiger partial charge in [0.1, 0.15) is 17.7 Å². The van der Waals surface area contributed by atoms with Gasteiger partial charge in [0.25, 0.3) is 5.71 Å². The van der Waals surface area contributed by atoms with Gasteiger partial charge in [-0.3, -0.25) is 9.69 Å². The minimum Gasteiger partial charge on any atom is -0.444 e. The van der Waals surface area contributed by atoms with Crippen LogP contribution in [0.5, 0.6) is 0 Å². The number of hydrogen-bond donors (Lipinski definition) is 2. The summed E-state index contributed by atoms with van der Waals surface area (Å²) in [5.74, 6) is -0.587. The van der Waals surface area contributed by atoms with Crippen molar-refractivity contribution in [2.24, 2.45) is 0 Å². The minimum absolute atomic E-state index is 0.0900. The van der Waals surface area contributed by atoms with Crippen molar-refractivity contribution in [2.45, 2.75) is 65.3 Å². The van der Waals surface area contributed by atoms with Crippen molar-refractivity contribution >= 4 is 35.0 Å². The van der Waals surface area contributed by atoms with Gasteiger partial charge in [0.15, 0.2) is 6.54 Å². The number of carbonyl (C=O) groups is 3. The summed E-state index contributed by atoms with van der Waals surface area (Å²) in [5, 5.41) is 13.2. The number of rotatable bonds is 6. The van der Waals surface area contributed by atoms with Gasteiger partial charge in [-0.05, 0) is 45.7 Å². The van der Waals surface area contributed by atoms with Gasteiger partial charge in [0.05, 0.1) is 22.5 Å². The van der Waals surface area contributed by atoms with E-state index in [1.807, 2.05) is 62.4 Å². The molecule has 2 aliphatic rings. The molecule has 10 nitrogen and oxygen atoms in total. The SMILES string of the molecule is Cc1ncsc1-c1ccc(CNC(=O)C2=[N+](C(=O)[C@@H](C)N3CCN(C(=O)OC(C)(C)C)CC3)C[C@H](O)C2)cc1. The van der Waals surface area contributed by atoms with Gasteiger partial charge >= 0.3 is 17.9 Å². The molecular weight excluding hydrogens is 518 g/mol. The Balaban J connectivity index is 1.35. The van der Waals surface area contributed by atoms with Crippen molar-refractivity contribution in [3.05, 3.63) is 41.0 Å². The Hall–Kier alpha value is -3.15. The second-order valence-corrected chi connectivity index (χ2v) is 11.9. The number of piperazine rings is 1. The Morgan fingerprint density at radius 1 is 1.18 bits per heavy atom. The number of nitrogens with one attached hydrogen (secondary N) is 1. The van der Waals surface area contributed by atoms with Crippen LogP contribution in [-0.4, -0.2) is 98.6 Å². The van der Waals surface area contributed by atoms with Gasteiger partial charge in [-0.2, -0.15) is 4.58 Å². The molecule has 0 saturated carbocycles. The standard InChI is InChI=1S/C28H37N5O5S/c1-18-24(39-17-30-18)21-8-6-20(7-9-21)15-29-25(35)23-14-22(34)16-33(23)26(36)19(2)31-10-12-32(13-11-31)27(37)38-28(3,4)5/h6-9,17,19,22,34H,10-16H2,1-5H3/p+1/t19-,22-/m1/s1. The van der Waals surface area contributed by atoms with Crippen LogP contribution >= 0.6 is 11.3 Å². The molecule has 0 spiro atoms. The third kappa shape index (κ3) is 7.09.